The van der Waals surface area contributed by atoms with Crippen molar-refractivity contribution in [1.29, 1.82) is 0 Å². The maximum Gasteiger partial charge on any atom is 0.315 e. The molecular weight excluding hydrogens is 342 g/mol. The molecule has 0 aliphatic carbocycles. The fourth-order valence-electron chi connectivity index (χ4n) is 2.75. The quantitative estimate of drug-likeness (QED) is 0.709. The van der Waals surface area contributed by atoms with Crippen LogP contribution in [0.3, 0.4) is 0 Å². The van der Waals surface area contributed by atoms with Crippen molar-refractivity contribution < 1.29 is 18.0 Å². The molecule has 1 aliphatic rings. The van der Waals surface area contributed by atoms with Crippen molar-refractivity contribution in [3.05, 3.63) is 30.3 Å². The van der Waals surface area contributed by atoms with Crippen LogP contribution in [0.15, 0.2) is 30.3 Å². The SMILES string of the molecule is CC(C)C[C@H](NC(=O)NC1CCS(=O)(=O)C1)C(=O)Nc1ccccc1. The van der Waals surface area contributed by atoms with E-state index in [2.05, 4.69) is 16.0 Å². The molecule has 1 heterocycles. The Bertz CT molecular complexity index is 704. The predicted molar refractivity (Wildman–Crippen MR) is 97.0 cm³/mol. The maximum absolute atomic E-state index is 12.5. The second kappa shape index (κ2) is 8.33. The molecule has 0 bridgehead atoms. The molecule has 0 aromatic heterocycles. The lowest BCUT2D eigenvalue weighted by Gasteiger charge is -2.21. The lowest BCUT2D eigenvalue weighted by molar-refractivity contribution is -0.118. The molecule has 2 rings (SSSR count). The molecule has 1 aromatic rings. The van der Waals surface area contributed by atoms with E-state index in [0.29, 0.717) is 18.5 Å². The molecule has 0 radical (unpaired) electrons. The zero-order chi connectivity index (χ0) is 18.4. The molecule has 1 unspecified atom stereocenters. The van der Waals surface area contributed by atoms with Gasteiger partial charge in [-0.2, -0.15) is 0 Å². The average molecular weight is 367 g/mol. The van der Waals surface area contributed by atoms with Gasteiger partial charge in [0.15, 0.2) is 9.84 Å². The third-order valence-electron chi connectivity index (χ3n) is 3.94. The smallest absolute Gasteiger partial charge is 0.315 e. The molecule has 1 fully saturated rings. The van der Waals surface area contributed by atoms with E-state index < -0.39 is 28.0 Å². The third kappa shape index (κ3) is 6.38. The number of hydrogen-bond donors (Lipinski definition) is 3. The van der Waals surface area contributed by atoms with Gasteiger partial charge in [-0.3, -0.25) is 4.79 Å². The van der Waals surface area contributed by atoms with Gasteiger partial charge in [0.1, 0.15) is 6.04 Å². The second-order valence-electron chi connectivity index (χ2n) is 6.76. The van der Waals surface area contributed by atoms with Crippen LogP contribution in [0.25, 0.3) is 0 Å². The molecule has 8 heteroatoms. The number of anilines is 1. The summed E-state index contributed by atoms with van der Waals surface area (Å²) in [5.41, 5.74) is 0.658. The first kappa shape index (κ1) is 19.2. The Hall–Kier alpha value is -2.09. The van der Waals surface area contributed by atoms with Crippen LogP contribution >= 0.6 is 0 Å². The lowest BCUT2D eigenvalue weighted by atomic mass is 10.0. The van der Waals surface area contributed by atoms with Crippen LogP contribution < -0.4 is 16.0 Å². The Morgan fingerprint density at radius 1 is 1.20 bits per heavy atom. The van der Waals surface area contributed by atoms with E-state index in [1.807, 2.05) is 32.0 Å². The predicted octanol–water partition coefficient (Wildman–Crippen LogP) is 1.53. The molecule has 3 amide bonds. The van der Waals surface area contributed by atoms with Gasteiger partial charge in [0.05, 0.1) is 11.5 Å². The van der Waals surface area contributed by atoms with Gasteiger partial charge in [-0.05, 0) is 30.9 Å². The van der Waals surface area contributed by atoms with Crippen LogP contribution in [0.4, 0.5) is 10.5 Å². The van der Waals surface area contributed by atoms with Crippen molar-refractivity contribution in [2.24, 2.45) is 5.92 Å². The minimum Gasteiger partial charge on any atom is -0.334 e. The highest BCUT2D eigenvalue weighted by Gasteiger charge is 2.30. The first-order chi connectivity index (χ1) is 11.7. The van der Waals surface area contributed by atoms with Crippen molar-refractivity contribution in [2.45, 2.75) is 38.8 Å². The Morgan fingerprint density at radius 3 is 2.44 bits per heavy atom. The molecule has 7 nitrogen and oxygen atoms in total. The number of hydrogen-bond acceptors (Lipinski definition) is 4. The van der Waals surface area contributed by atoms with Gasteiger partial charge in [-0.25, -0.2) is 13.2 Å². The van der Waals surface area contributed by atoms with Crippen LogP contribution in [-0.4, -0.2) is 43.9 Å². The Morgan fingerprint density at radius 2 is 1.88 bits per heavy atom. The molecule has 1 aromatic carbocycles. The van der Waals surface area contributed by atoms with E-state index in [9.17, 15) is 18.0 Å². The summed E-state index contributed by atoms with van der Waals surface area (Å²) in [5.74, 6) is -0.0550. The Balaban J connectivity index is 1.94. The Labute approximate surface area is 148 Å². The number of benzene rings is 1. The first-order valence-electron chi connectivity index (χ1n) is 8.38. The summed E-state index contributed by atoms with van der Waals surface area (Å²) in [7, 11) is -3.07. The molecule has 3 N–H and O–H groups in total. The Kier molecular flexibility index (Phi) is 6.41. The van der Waals surface area contributed by atoms with Gasteiger partial charge in [-0.1, -0.05) is 32.0 Å². The van der Waals surface area contributed by atoms with E-state index in [4.69, 9.17) is 0 Å². The van der Waals surface area contributed by atoms with Crippen LogP contribution in [-0.2, 0) is 14.6 Å². The van der Waals surface area contributed by atoms with Crippen molar-refractivity contribution in [2.75, 3.05) is 16.8 Å². The summed E-state index contributed by atoms with van der Waals surface area (Å²) in [4.78, 5) is 24.6. The monoisotopic (exact) mass is 367 g/mol. The zero-order valence-electron chi connectivity index (χ0n) is 14.5. The molecule has 138 valence electrons. The van der Waals surface area contributed by atoms with Crippen LogP contribution in [0.1, 0.15) is 26.7 Å². The van der Waals surface area contributed by atoms with E-state index in [1.165, 1.54) is 0 Å². The number of para-hydroxylation sites is 1. The number of amides is 3. The van der Waals surface area contributed by atoms with Gasteiger partial charge < -0.3 is 16.0 Å². The van der Waals surface area contributed by atoms with Crippen LogP contribution in [0.2, 0.25) is 0 Å². The molecule has 2 atom stereocenters. The zero-order valence-corrected chi connectivity index (χ0v) is 15.3. The molecule has 25 heavy (non-hydrogen) atoms. The molecule has 1 saturated heterocycles. The van der Waals surface area contributed by atoms with Gasteiger partial charge in [-0.15, -0.1) is 0 Å². The topological polar surface area (TPSA) is 104 Å². The fourth-order valence-corrected chi connectivity index (χ4v) is 4.42. The van der Waals surface area contributed by atoms with E-state index >= 15 is 0 Å². The van der Waals surface area contributed by atoms with Crippen LogP contribution in [0, 0.1) is 5.92 Å². The average Bonchev–Trinajstić information content (AvgIpc) is 2.85. The van der Waals surface area contributed by atoms with Gasteiger partial charge in [0, 0.05) is 11.7 Å². The highest BCUT2D eigenvalue weighted by atomic mass is 32.2. The summed E-state index contributed by atoms with van der Waals surface area (Å²) in [6.45, 7) is 3.93. The number of urea groups is 1. The molecule has 0 spiro atoms. The minimum atomic E-state index is -3.07. The van der Waals surface area contributed by atoms with E-state index in [1.54, 1.807) is 12.1 Å². The normalized spacial score (nSPS) is 20.0. The third-order valence-corrected chi connectivity index (χ3v) is 5.71. The number of sulfone groups is 1. The standard InChI is InChI=1S/C17H25N3O4S/c1-12(2)10-15(16(21)18-13-6-4-3-5-7-13)20-17(22)19-14-8-9-25(23,24)11-14/h3-7,12,14-15H,8-11H2,1-2H3,(H,18,21)(H2,19,20,22)/t14?,15-/m0/s1. The number of carbonyl (C=O) groups is 2. The molecule has 0 saturated carbocycles. The van der Waals surface area contributed by atoms with Crippen molar-refractivity contribution in [3.8, 4) is 0 Å². The van der Waals surface area contributed by atoms with Crippen molar-refractivity contribution >= 4 is 27.5 Å². The van der Waals surface area contributed by atoms with Gasteiger partial charge in [0.25, 0.3) is 0 Å². The summed E-state index contributed by atoms with van der Waals surface area (Å²) in [5, 5.41) is 8.10. The minimum absolute atomic E-state index is 0.0501. The van der Waals surface area contributed by atoms with E-state index in [0.717, 1.165) is 0 Å². The maximum atomic E-state index is 12.5. The van der Waals surface area contributed by atoms with E-state index in [-0.39, 0.29) is 23.3 Å². The number of carbonyl (C=O) groups excluding carboxylic acids is 2. The largest absolute Gasteiger partial charge is 0.334 e. The number of nitrogens with one attached hydrogen (secondary N) is 3. The highest BCUT2D eigenvalue weighted by molar-refractivity contribution is 7.91. The van der Waals surface area contributed by atoms with Crippen molar-refractivity contribution in [1.82, 2.24) is 10.6 Å². The summed E-state index contributed by atoms with van der Waals surface area (Å²) in [6, 6.07) is 7.40. The summed E-state index contributed by atoms with van der Waals surface area (Å²) >= 11 is 0. The van der Waals surface area contributed by atoms with Gasteiger partial charge >= 0.3 is 6.03 Å². The number of rotatable bonds is 6. The van der Waals surface area contributed by atoms with Crippen molar-refractivity contribution in [3.63, 3.8) is 0 Å². The molecule has 1 aliphatic heterocycles. The highest BCUT2D eigenvalue weighted by Crippen LogP contribution is 2.12. The fraction of sp³-hybridized carbons (Fsp3) is 0.529. The molecular formula is C17H25N3O4S. The summed E-state index contributed by atoms with van der Waals surface area (Å²) in [6.07, 6.45) is 0.885. The van der Waals surface area contributed by atoms with Gasteiger partial charge in [0.2, 0.25) is 5.91 Å². The van der Waals surface area contributed by atoms with Crippen LogP contribution in [0.5, 0.6) is 0 Å². The first-order valence-corrected chi connectivity index (χ1v) is 10.2. The summed E-state index contributed by atoms with van der Waals surface area (Å²) < 4.78 is 22.9. The second-order valence-corrected chi connectivity index (χ2v) is 8.98. The lowest BCUT2D eigenvalue weighted by Crippen LogP contribution is -2.51.